The number of hydrogen-bond acceptors (Lipinski definition) is 0. The summed E-state index contributed by atoms with van der Waals surface area (Å²) in [5.74, 6) is 0. The van der Waals surface area contributed by atoms with E-state index >= 15 is 0 Å². The average molecular weight is 189 g/mol. The Bertz CT molecular complexity index is 247. The summed E-state index contributed by atoms with van der Waals surface area (Å²) in [4.78, 5) is 0. The Morgan fingerprint density at radius 2 is 1.50 bits per heavy atom. The van der Waals surface area contributed by atoms with Crippen molar-refractivity contribution in [2.45, 2.75) is 6.18 Å². The molecule has 0 atom stereocenters. The van der Waals surface area contributed by atoms with Crippen LogP contribution in [0.25, 0.3) is 0 Å². The maximum atomic E-state index is 11.9. The standard InChI is InChI=1S/C7H4ClF3.Li.H/c8-6-3-1-5(2-4-6)7(9,10)11;;/h1-4H;;/q;+1;-1. The van der Waals surface area contributed by atoms with Gasteiger partial charge in [-0.3, -0.25) is 0 Å². The molecule has 1 aromatic rings. The number of halogens is 4. The zero-order chi connectivity index (χ0) is 8.48. The molecule has 12 heavy (non-hydrogen) atoms. The fourth-order valence-corrected chi connectivity index (χ4v) is 0.765. The molecule has 0 saturated heterocycles. The minimum absolute atomic E-state index is 0. The Morgan fingerprint density at radius 1 is 1.08 bits per heavy atom. The van der Waals surface area contributed by atoms with E-state index in [-0.39, 0.29) is 20.3 Å². The van der Waals surface area contributed by atoms with Gasteiger partial charge in [-0.25, -0.2) is 0 Å². The van der Waals surface area contributed by atoms with Crippen LogP contribution in [0.2, 0.25) is 5.02 Å². The molecule has 1 aromatic carbocycles. The minimum Gasteiger partial charge on any atom is -1.00 e. The molecule has 62 valence electrons. The van der Waals surface area contributed by atoms with Crippen LogP contribution in [0.1, 0.15) is 6.99 Å². The summed E-state index contributed by atoms with van der Waals surface area (Å²) in [7, 11) is 0. The molecular formula is C7H5ClF3Li. The van der Waals surface area contributed by atoms with Gasteiger partial charge in [-0.05, 0) is 24.3 Å². The SMILES string of the molecule is FC(F)(F)c1ccc(Cl)cc1.[H-].[Li+]. The summed E-state index contributed by atoms with van der Waals surface area (Å²) in [5.41, 5.74) is -0.679. The van der Waals surface area contributed by atoms with E-state index in [2.05, 4.69) is 0 Å². The first-order chi connectivity index (χ1) is 5.00. The van der Waals surface area contributed by atoms with Crippen LogP contribution < -0.4 is 18.9 Å². The van der Waals surface area contributed by atoms with Crippen molar-refractivity contribution in [3.8, 4) is 0 Å². The normalized spacial score (nSPS) is 10.7. The Kier molecular flexibility index (Phi) is 4.19. The maximum Gasteiger partial charge on any atom is 1.00 e. The van der Waals surface area contributed by atoms with Gasteiger partial charge in [0.25, 0.3) is 0 Å². The van der Waals surface area contributed by atoms with E-state index in [0.717, 1.165) is 12.1 Å². The summed E-state index contributed by atoms with van der Waals surface area (Å²) in [6.07, 6.45) is -4.27. The molecule has 0 spiro atoms. The van der Waals surface area contributed by atoms with Gasteiger partial charge in [-0.15, -0.1) is 0 Å². The van der Waals surface area contributed by atoms with Crippen LogP contribution in [0.3, 0.4) is 0 Å². The van der Waals surface area contributed by atoms with E-state index < -0.39 is 11.7 Å². The predicted molar refractivity (Wildman–Crippen MR) is 37.6 cm³/mol. The van der Waals surface area contributed by atoms with E-state index in [1.807, 2.05) is 0 Å². The Balaban J connectivity index is 0. The van der Waals surface area contributed by atoms with Gasteiger partial charge in [0.15, 0.2) is 0 Å². The molecule has 0 unspecified atom stereocenters. The van der Waals surface area contributed by atoms with Crippen molar-refractivity contribution in [3.63, 3.8) is 0 Å². The molecule has 0 aromatic heterocycles. The van der Waals surface area contributed by atoms with Crippen molar-refractivity contribution in [2.75, 3.05) is 0 Å². The van der Waals surface area contributed by atoms with Crippen LogP contribution in [0.5, 0.6) is 0 Å². The predicted octanol–water partition coefficient (Wildman–Crippen LogP) is 0.475. The summed E-state index contributed by atoms with van der Waals surface area (Å²) in [6, 6.07) is 4.32. The van der Waals surface area contributed by atoms with Gasteiger partial charge in [0.2, 0.25) is 0 Å². The number of benzene rings is 1. The van der Waals surface area contributed by atoms with Crippen LogP contribution in [-0.4, -0.2) is 0 Å². The Hall–Kier alpha value is -0.103. The number of alkyl halides is 3. The molecule has 0 saturated carbocycles. The van der Waals surface area contributed by atoms with Crippen molar-refractivity contribution in [3.05, 3.63) is 34.9 Å². The number of rotatable bonds is 0. The Morgan fingerprint density at radius 3 is 1.83 bits per heavy atom. The molecule has 0 fully saturated rings. The smallest absolute Gasteiger partial charge is 1.00 e. The monoisotopic (exact) mass is 188 g/mol. The fourth-order valence-electron chi connectivity index (χ4n) is 0.639. The van der Waals surface area contributed by atoms with Crippen LogP contribution in [0, 0.1) is 0 Å². The van der Waals surface area contributed by atoms with Crippen molar-refractivity contribution in [2.24, 2.45) is 0 Å². The maximum absolute atomic E-state index is 11.9. The fraction of sp³-hybridized carbons (Fsp3) is 0.143. The first-order valence-corrected chi connectivity index (χ1v) is 3.21. The second kappa shape index (κ2) is 4.22. The molecule has 0 aliphatic carbocycles. The minimum atomic E-state index is -4.27. The Labute approximate surface area is 86.4 Å². The van der Waals surface area contributed by atoms with Crippen LogP contribution >= 0.6 is 11.6 Å². The van der Waals surface area contributed by atoms with E-state index in [1.54, 1.807) is 0 Å². The molecule has 0 heterocycles. The van der Waals surface area contributed by atoms with E-state index in [0.29, 0.717) is 5.02 Å². The third-order valence-electron chi connectivity index (χ3n) is 1.17. The summed E-state index contributed by atoms with van der Waals surface area (Å²) >= 11 is 5.39. The first-order valence-electron chi connectivity index (χ1n) is 2.83. The van der Waals surface area contributed by atoms with Gasteiger partial charge in [0.1, 0.15) is 0 Å². The molecule has 0 N–H and O–H groups in total. The number of hydrogen-bond donors (Lipinski definition) is 0. The molecule has 0 nitrogen and oxygen atoms in total. The van der Waals surface area contributed by atoms with E-state index in [1.165, 1.54) is 12.1 Å². The van der Waals surface area contributed by atoms with Crippen molar-refractivity contribution in [1.29, 1.82) is 0 Å². The van der Waals surface area contributed by atoms with Crippen molar-refractivity contribution in [1.82, 2.24) is 0 Å². The van der Waals surface area contributed by atoms with E-state index in [9.17, 15) is 13.2 Å². The molecule has 0 bridgehead atoms. The molecule has 0 aliphatic rings. The first kappa shape index (κ1) is 11.9. The van der Waals surface area contributed by atoms with Gasteiger partial charge in [-0.1, -0.05) is 11.6 Å². The molecule has 1 rings (SSSR count). The van der Waals surface area contributed by atoms with Gasteiger partial charge < -0.3 is 1.43 Å². The van der Waals surface area contributed by atoms with Crippen LogP contribution in [0.4, 0.5) is 13.2 Å². The molecular weight excluding hydrogens is 183 g/mol. The second-order valence-electron chi connectivity index (χ2n) is 2.00. The van der Waals surface area contributed by atoms with Gasteiger partial charge in [-0.2, -0.15) is 13.2 Å². The zero-order valence-electron chi connectivity index (χ0n) is 7.32. The third kappa shape index (κ3) is 3.10. The summed E-state index contributed by atoms with van der Waals surface area (Å²) in [5, 5.41) is 0.304. The zero-order valence-corrected chi connectivity index (χ0v) is 7.08. The summed E-state index contributed by atoms with van der Waals surface area (Å²) in [6.45, 7) is 0. The molecule has 0 radical (unpaired) electrons. The second-order valence-corrected chi connectivity index (χ2v) is 2.44. The van der Waals surface area contributed by atoms with Crippen molar-refractivity contribution < 1.29 is 33.5 Å². The van der Waals surface area contributed by atoms with Gasteiger partial charge in [0.05, 0.1) is 5.56 Å². The van der Waals surface area contributed by atoms with Crippen LogP contribution in [0.15, 0.2) is 24.3 Å². The molecule has 5 heteroatoms. The largest absolute Gasteiger partial charge is 1.00 e. The average Bonchev–Trinajstić information content (AvgIpc) is 1.86. The quantitative estimate of drug-likeness (QED) is 0.520. The summed E-state index contributed by atoms with van der Waals surface area (Å²) < 4.78 is 35.6. The molecule has 0 aliphatic heterocycles. The van der Waals surface area contributed by atoms with Gasteiger partial charge >= 0.3 is 25.0 Å². The van der Waals surface area contributed by atoms with Crippen LogP contribution in [-0.2, 0) is 6.18 Å². The third-order valence-corrected chi connectivity index (χ3v) is 1.42. The molecule has 0 amide bonds. The van der Waals surface area contributed by atoms with Gasteiger partial charge in [0, 0.05) is 5.02 Å². The van der Waals surface area contributed by atoms with E-state index in [4.69, 9.17) is 11.6 Å². The topological polar surface area (TPSA) is 0 Å². The van der Waals surface area contributed by atoms with Crippen molar-refractivity contribution >= 4 is 11.6 Å².